The summed E-state index contributed by atoms with van der Waals surface area (Å²) >= 11 is 6.32. The second-order valence-electron chi connectivity index (χ2n) is 5.09. The van der Waals surface area contributed by atoms with Gasteiger partial charge >= 0.3 is 0 Å². The molecule has 0 aliphatic carbocycles. The van der Waals surface area contributed by atoms with Crippen LogP contribution in [0.2, 0.25) is 5.02 Å². The highest BCUT2D eigenvalue weighted by atomic mass is 35.5. The smallest absolute Gasteiger partial charge is 0.0558 e. The Kier molecular flexibility index (Phi) is 6.80. The Morgan fingerprint density at radius 3 is 2.42 bits per heavy atom. The van der Waals surface area contributed by atoms with Crippen LogP contribution in [0.4, 0.5) is 0 Å². The molecule has 108 valence electrons. The van der Waals surface area contributed by atoms with E-state index in [2.05, 4.69) is 25.7 Å². The maximum absolute atomic E-state index is 9.29. The van der Waals surface area contributed by atoms with Gasteiger partial charge in [-0.15, -0.1) is 0 Å². The zero-order valence-electron chi connectivity index (χ0n) is 12.0. The van der Waals surface area contributed by atoms with Gasteiger partial charge in [0, 0.05) is 23.7 Å². The van der Waals surface area contributed by atoms with E-state index in [-0.39, 0.29) is 18.7 Å². The van der Waals surface area contributed by atoms with Crippen LogP contribution in [0.25, 0.3) is 0 Å². The van der Waals surface area contributed by atoms with Crippen molar-refractivity contribution in [1.82, 2.24) is 4.90 Å². The minimum atomic E-state index is -0.00569. The first-order valence-corrected chi connectivity index (χ1v) is 7.27. The third-order valence-electron chi connectivity index (χ3n) is 3.48. The van der Waals surface area contributed by atoms with Crippen molar-refractivity contribution in [2.24, 2.45) is 5.73 Å². The van der Waals surface area contributed by atoms with Crippen LogP contribution in [-0.4, -0.2) is 35.2 Å². The van der Waals surface area contributed by atoms with Gasteiger partial charge in [0.2, 0.25) is 0 Å². The Bertz CT molecular complexity index is 384. The fourth-order valence-electron chi connectivity index (χ4n) is 2.43. The molecule has 19 heavy (non-hydrogen) atoms. The summed E-state index contributed by atoms with van der Waals surface area (Å²) in [5.41, 5.74) is 7.35. The van der Waals surface area contributed by atoms with Crippen LogP contribution >= 0.6 is 11.6 Å². The number of rotatable bonds is 7. The monoisotopic (exact) mass is 284 g/mol. The van der Waals surface area contributed by atoms with Crippen molar-refractivity contribution in [3.63, 3.8) is 0 Å². The summed E-state index contributed by atoms with van der Waals surface area (Å²) in [6.45, 7) is 7.02. The summed E-state index contributed by atoms with van der Waals surface area (Å²) in [5, 5.41) is 10.0. The van der Waals surface area contributed by atoms with Crippen molar-refractivity contribution in [2.45, 2.75) is 45.3 Å². The van der Waals surface area contributed by atoms with Gasteiger partial charge < -0.3 is 10.8 Å². The van der Waals surface area contributed by atoms with E-state index in [1.54, 1.807) is 0 Å². The molecule has 0 heterocycles. The summed E-state index contributed by atoms with van der Waals surface area (Å²) in [6, 6.07) is 8.14. The number of benzene rings is 1. The lowest BCUT2D eigenvalue weighted by molar-refractivity contribution is 0.101. The summed E-state index contributed by atoms with van der Waals surface area (Å²) in [4.78, 5) is 2.22. The normalized spacial score (nSPS) is 14.9. The summed E-state index contributed by atoms with van der Waals surface area (Å²) in [6.07, 6.45) is 0.866. The van der Waals surface area contributed by atoms with Gasteiger partial charge in [-0.25, -0.2) is 0 Å². The molecule has 1 aromatic carbocycles. The van der Waals surface area contributed by atoms with Crippen molar-refractivity contribution in [3.05, 3.63) is 34.9 Å². The summed E-state index contributed by atoms with van der Waals surface area (Å²) in [7, 11) is 0. The average molecular weight is 285 g/mol. The highest BCUT2D eigenvalue weighted by molar-refractivity contribution is 6.31. The van der Waals surface area contributed by atoms with Gasteiger partial charge in [0.1, 0.15) is 0 Å². The van der Waals surface area contributed by atoms with Crippen LogP contribution in [0.15, 0.2) is 24.3 Å². The van der Waals surface area contributed by atoms with E-state index in [9.17, 15) is 5.11 Å². The zero-order chi connectivity index (χ0) is 14.4. The first-order chi connectivity index (χ1) is 9.02. The van der Waals surface area contributed by atoms with Gasteiger partial charge in [-0.05, 0) is 31.9 Å². The van der Waals surface area contributed by atoms with Crippen LogP contribution < -0.4 is 5.73 Å². The molecule has 2 atom stereocenters. The second-order valence-corrected chi connectivity index (χ2v) is 5.50. The van der Waals surface area contributed by atoms with Crippen LogP contribution in [0.3, 0.4) is 0 Å². The number of halogens is 1. The molecule has 0 aliphatic heterocycles. The van der Waals surface area contributed by atoms with Crippen LogP contribution in [0, 0.1) is 0 Å². The molecule has 0 radical (unpaired) electrons. The van der Waals surface area contributed by atoms with Crippen LogP contribution in [-0.2, 0) is 0 Å². The lowest BCUT2D eigenvalue weighted by atomic mass is 9.95. The van der Waals surface area contributed by atoms with E-state index in [4.69, 9.17) is 17.3 Å². The maximum atomic E-state index is 9.29. The van der Waals surface area contributed by atoms with Crippen molar-refractivity contribution in [2.75, 3.05) is 13.2 Å². The highest BCUT2D eigenvalue weighted by Crippen LogP contribution is 2.31. The number of aliphatic hydroxyl groups excluding tert-OH is 1. The molecule has 3 nitrogen and oxygen atoms in total. The predicted molar refractivity (Wildman–Crippen MR) is 81.4 cm³/mol. The molecular weight excluding hydrogens is 260 g/mol. The van der Waals surface area contributed by atoms with Gasteiger partial charge in [-0.3, -0.25) is 4.90 Å². The van der Waals surface area contributed by atoms with Gasteiger partial charge in [-0.2, -0.15) is 0 Å². The topological polar surface area (TPSA) is 49.5 Å². The van der Waals surface area contributed by atoms with Gasteiger partial charge in [0.15, 0.2) is 0 Å². The molecule has 3 N–H and O–H groups in total. The molecule has 0 fully saturated rings. The molecule has 0 saturated carbocycles. The molecule has 1 rings (SSSR count). The summed E-state index contributed by atoms with van der Waals surface area (Å²) in [5.74, 6) is 0. The minimum absolute atomic E-state index is 0.00569. The van der Waals surface area contributed by atoms with E-state index >= 15 is 0 Å². The first-order valence-electron chi connectivity index (χ1n) is 6.89. The second kappa shape index (κ2) is 7.85. The van der Waals surface area contributed by atoms with Gasteiger partial charge in [-0.1, -0.05) is 36.7 Å². The molecule has 1 aromatic rings. The number of nitrogens with two attached hydrogens (primary N) is 1. The van der Waals surface area contributed by atoms with Crippen LogP contribution in [0.5, 0.6) is 0 Å². The van der Waals surface area contributed by atoms with Crippen molar-refractivity contribution < 1.29 is 5.11 Å². The van der Waals surface area contributed by atoms with Gasteiger partial charge in [0.25, 0.3) is 0 Å². The predicted octanol–water partition coefficient (Wildman–Crippen LogP) is 2.82. The molecule has 0 aromatic heterocycles. The van der Waals surface area contributed by atoms with Crippen molar-refractivity contribution in [1.29, 1.82) is 0 Å². The number of aliphatic hydroxyl groups is 1. The standard InChI is InChI=1S/C15H25ClN2O/c1-4-14(17)15(18(9-10-19)11(2)3)12-7-5-6-8-13(12)16/h5-8,11,14-15,19H,4,9-10,17H2,1-3H3. The Labute approximate surface area is 121 Å². The third-order valence-corrected chi connectivity index (χ3v) is 3.82. The zero-order valence-corrected chi connectivity index (χ0v) is 12.8. The molecular formula is C15H25ClN2O. The largest absolute Gasteiger partial charge is 0.395 e. The highest BCUT2D eigenvalue weighted by Gasteiger charge is 2.28. The Morgan fingerprint density at radius 2 is 1.95 bits per heavy atom. The number of hydrogen-bond acceptors (Lipinski definition) is 3. The molecule has 0 spiro atoms. The minimum Gasteiger partial charge on any atom is -0.395 e. The van der Waals surface area contributed by atoms with Crippen LogP contribution in [0.1, 0.15) is 38.8 Å². The number of nitrogens with zero attached hydrogens (tertiary/aromatic N) is 1. The Morgan fingerprint density at radius 1 is 1.32 bits per heavy atom. The van der Waals surface area contributed by atoms with Crippen molar-refractivity contribution >= 4 is 11.6 Å². The Balaban J connectivity index is 3.17. The van der Waals surface area contributed by atoms with E-state index in [1.165, 1.54) is 0 Å². The molecule has 4 heteroatoms. The molecule has 0 aliphatic rings. The van der Waals surface area contributed by atoms with E-state index in [0.29, 0.717) is 12.6 Å². The van der Waals surface area contributed by atoms with E-state index in [1.807, 2.05) is 24.3 Å². The van der Waals surface area contributed by atoms with E-state index < -0.39 is 0 Å². The van der Waals surface area contributed by atoms with Crippen molar-refractivity contribution in [3.8, 4) is 0 Å². The third kappa shape index (κ3) is 4.18. The Hall–Kier alpha value is -0.610. The maximum Gasteiger partial charge on any atom is 0.0558 e. The first kappa shape index (κ1) is 16.4. The lowest BCUT2D eigenvalue weighted by Gasteiger charge is -2.38. The fourth-order valence-corrected chi connectivity index (χ4v) is 2.67. The summed E-state index contributed by atoms with van der Waals surface area (Å²) < 4.78 is 0. The molecule has 0 amide bonds. The van der Waals surface area contributed by atoms with Gasteiger partial charge in [0.05, 0.1) is 12.6 Å². The lowest BCUT2D eigenvalue weighted by Crippen LogP contribution is -2.45. The fraction of sp³-hybridized carbons (Fsp3) is 0.600. The van der Waals surface area contributed by atoms with E-state index in [0.717, 1.165) is 17.0 Å². The molecule has 0 bridgehead atoms. The molecule has 2 unspecified atom stereocenters. The number of hydrogen-bond donors (Lipinski definition) is 2. The quantitative estimate of drug-likeness (QED) is 0.809. The molecule has 0 saturated heterocycles. The SMILES string of the molecule is CCC(N)C(c1ccccc1Cl)N(CCO)C(C)C. The average Bonchev–Trinajstić information content (AvgIpc) is 2.39.